The zero-order chi connectivity index (χ0) is 34.6. The van der Waals surface area contributed by atoms with Gasteiger partial charge in [0.25, 0.3) is 17.4 Å². The van der Waals surface area contributed by atoms with Crippen LogP contribution in [0.3, 0.4) is 0 Å². The van der Waals surface area contributed by atoms with Crippen LogP contribution in [0.2, 0.25) is 0 Å². The number of nitrogens with zero attached hydrogens (tertiary/aromatic N) is 5. The number of carbonyl (C=O) groups excluding carboxylic acids is 3. The Morgan fingerprint density at radius 2 is 1.71 bits per heavy atom. The number of aldehydes is 1. The predicted molar refractivity (Wildman–Crippen MR) is 186 cm³/mol. The average molecular weight is 651 g/mol. The highest BCUT2D eigenvalue weighted by Crippen LogP contribution is 2.34. The van der Waals surface area contributed by atoms with Crippen molar-refractivity contribution in [1.29, 1.82) is 0 Å². The molecule has 48 heavy (non-hydrogen) atoms. The lowest BCUT2D eigenvalue weighted by Crippen LogP contribution is -2.40. The summed E-state index contributed by atoms with van der Waals surface area (Å²) in [6, 6.07) is 12.3. The van der Waals surface area contributed by atoms with Crippen LogP contribution in [0.25, 0.3) is 11.1 Å². The van der Waals surface area contributed by atoms with E-state index < -0.39 is 0 Å². The summed E-state index contributed by atoms with van der Waals surface area (Å²) in [6.07, 6.45) is 6.16. The number of pyridine rings is 3. The van der Waals surface area contributed by atoms with E-state index in [0.717, 1.165) is 17.5 Å². The summed E-state index contributed by atoms with van der Waals surface area (Å²) in [7, 11) is 1.63. The number of morpholine rings is 1. The monoisotopic (exact) mass is 650 g/mol. The van der Waals surface area contributed by atoms with Crippen LogP contribution >= 0.6 is 0 Å². The molecule has 11 heteroatoms. The van der Waals surface area contributed by atoms with Gasteiger partial charge in [-0.1, -0.05) is 46.8 Å². The van der Waals surface area contributed by atoms with Crippen molar-refractivity contribution < 1.29 is 19.1 Å². The van der Waals surface area contributed by atoms with Gasteiger partial charge in [-0.2, -0.15) is 0 Å². The van der Waals surface area contributed by atoms with E-state index in [1.165, 1.54) is 10.8 Å². The van der Waals surface area contributed by atoms with Crippen LogP contribution in [0.5, 0.6) is 0 Å². The van der Waals surface area contributed by atoms with E-state index in [1.54, 1.807) is 65.6 Å². The van der Waals surface area contributed by atoms with Gasteiger partial charge in [-0.05, 0) is 47.9 Å². The molecule has 6 rings (SSSR count). The fourth-order valence-electron chi connectivity index (χ4n) is 5.81. The van der Waals surface area contributed by atoms with Gasteiger partial charge in [-0.3, -0.25) is 24.2 Å². The Morgan fingerprint density at radius 1 is 0.958 bits per heavy atom. The lowest BCUT2D eigenvalue weighted by atomic mass is 9.88. The third kappa shape index (κ3) is 6.91. The van der Waals surface area contributed by atoms with Crippen molar-refractivity contribution in [3.05, 3.63) is 99.4 Å². The van der Waals surface area contributed by atoms with Gasteiger partial charge >= 0.3 is 0 Å². The number of ether oxygens (including phenoxy) is 1. The standard InChI is InChI=1S/C35H36N6O5.C2H6/c1-35(2,3)30-17-22-10-11-41(33(44)26(22)19-36-30)29-7-5-6-25(27(29)21-42)24-16-28(34(45)39(4)20-24)38-31-9-8-23(18-37-31)32(43)40-12-14-46-15-13-40;1-2/h5-9,16-21H,10-15H2,1-4H3,(H,37,38);1-2H3. The molecule has 3 aromatic heterocycles. The molecule has 0 saturated carbocycles. The number of anilines is 3. The van der Waals surface area contributed by atoms with Crippen LogP contribution in [0, 0.1) is 0 Å². The molecule has 2 aliphatic rings. The minimum atomic E-state index is -0.298. The molecule has 0 atom stereocenters. The van der Waals surface area contributed by atoms with Crippen LogP contribution < -0.4 is 15.8 Å². The Balaban J connectivity index is 0.00000221. The SMILES string of the molecule is CC.Cn1cc(-c2cccc(N3CCc4cc(C(C)(C)C)ncc4C3=O)c2C=O)cc(Nc2ccc(C(=O)N3CCOCC3)cn2)c1=O. The summed E-state index contributed by atoms with van der Waals surface area (Å²) in [5.41, 5.74) is 4.67. The highest BCUT2D eigenvalue weighted by atomic mass is 16.5. The zero-order valence-electron chi connectivity index (χ0n) is 28.4. The highest BCUT2D eigenvalue weighted by molar-refractivity contribution is 6.11. The quantitative estimate of drug-likeness (QED) is 0.275. The third-order valence-corrected chi connectivity index (χ3v) is 8.40. The molecule has 1 N–H and O–H groups in total. The molecule has 2 amide bonds. The first-order chi connectivity index (χ1) is 23.0. The van der Waals surface area contributed by atoms with Crippen molar-refractivity contribution in [1.82, 2.24) is 19.4 Å². The lowest BCUT2D eigenvalue weighted by molar-refractivity contribution is 0.0302. The molecule has 0 radical (unpaired) electrons. The Bertz CT molecular complexity index is 1890. The molecule has 0 bridgehead atoms. The van der Waals surface area contributed by atoms with E-state index in [0.29, 0.717) is 78.6 Å². The summed E-state index contributed by atoms with van der Waals surface area (Å²) in [6.45, 7) is 12.7. The summed E-state index contributed by atoms with van der Waals surface area (Å²) in [5.74, 6) is 0.0555. The van der Waals surface area contributed by atoms with Crippen LogP contribution in [0.1, 0.15) is 77.0 Å². The molecular weight excluding hydrogens is 608 g/mol. The topological polar surface area (TPSA) is 127 Å². The minimum Gasteiger partial charge on any atom is -0.378 e. The van der Waals surface area contributed by atoms with Gasteiger partial charge in [0.05, 0.1) is 30.0 Å². The van der Waals surface area contributed by atoms with E-state index in [9.17, 15) is 19.2 Å². The molecule has 2 aliphatic heterocycles. The van der Waals surface area contributed by atoms with Crippen molar-refractivity contribution in [3.63, 3.8) is 0 Å². The maximum absolute atomic E-state index is 13.7. The van der Waals surface area contributed by atoms with Gasteiger partial charge in [0.2, 0.25) is 0 Å². The zero-order valence-corrected chi connectivity index (χ0v) is 28.4. The number of hydrogen-bond donors (Lipinski definition) is 1. The van der Waals surface area contributed by atoms with E-state index in [4.69, 9.17) is 4.74 Å². The van der Waals surface area contributed by atoms with Gasteiger partial charge < -0.3 is 24.4 Å². The van der Waals surface area contributed by atoms with Gasteiger partial charge in [-0.25, -0.2) is 4.98 Å². The first-order valence-electron chi connectivity index (χ1n) is 16.3. The number of aryl methyl sites for hydroxylation is 1. The predicted octanol–water partition coefficient (Wildman–Crippen LogP) is 5.40. The van der Waals surface area contributed by atoms with Gasteiger partial charge in [0, 0.05) is 67.5 Å². The molecule has 0 unspecified atom stereocenters. The number of amides is 2. The summed E-state index contributed by atoms with van der Waals surface area (Å²) in [4.78, 5) is 64.5. The number of aromatic nitrogens is 3. The molecule has 1 aromatic carbocycles. The largest absolute Gasteiger partial charge is 0.378 e. The minimum absolute atomic E-state index is 0.122. The highest BCUT2D eigenvalue weighted by Gasteiger charge is 2.30. The number of hydrogen-bond acceptors (Lipinski definition) is 8. The number of fused-ring (bicyclic) bond motifs is 1. The third-order valence-electron chi connectivity index (χ3n) is 8.40. The Labute approximate surface area is 280 Å². The Morgan fingerprint density at radius 3 is 2.38 bits per heavy atom. The van der Waals surface area contributed by atoms with Crippen LogP contribution in [0.15, 0.2) is 65.8 Å². The normalized spacial score (nSPS) is 14.5. The van der Waals surface area contributed by atoms with Gasteiger partial charge in [0.1, 0.15) is 11.5 Å². The fraction of sp³-hybridized carbons (Fsp3) is 0.351. The summed E-state index contributed by atoms with van der Waals surface area (Å²) in [5, 5.41) is 3.07. The second-order valence-corrected chi connectivity index (χ2v) is 12.6. The number of carbonyl (C=O) groups is 3. The molecule has 0 aliphatic carbocycles. The summed E-state index contributed by atoms with van der Waals surface area (Å²) >= 11 is 0. The van der Waals surface area contributed by atoms with E-state index >= 15 is 0 Å². The number of rotatable bonds is 6. The molecule has 250 valence electrons. The number of benzene rings is 1. The molecular formula is C37H42N6O5. The first kappa shape index (κ1) is 34.2. The van der Waals surface area contributed by atoms with Gasteiger partial charge in [-0.15, -0.1) is 0 Å². The fourth-order valence-corrected chi connectivity index (χ4v) is 5.81. The maximum Gasteiger partial charge on any atom is 0.274 e. The maximum atomic E-state index is 13.7. The molecule has 4 aromatic rings. The molecule has 11 nitrogen and oxygen atoms in total. The summed E-state index contributed by atoms with van der Waals surface area (Å²) < 4.78 is 6.75. The second kappa shape index (κ2) is 14.3. The smallest absolute Gasteiger partial charge is 0.274 e. The first-order valence-corrected chi connectivity index (χ1v) is 16.3. The van der Waals surface area contributed by atoms with Crippen molar-refractivity contribution in [3.8, 4) is 11.1 Å². The molecule has 5 heterocycles. The Hall–Kier alpha value is -5.16. The van der Waals surface area contributed by atoms with E-state index in [1.807, 2.05) is 19.9 Å². The van der Waals surface area contributed by atoms with Crippen LogP contribution in [-0.2, 0) is 23.6 Å². The van der Waals surface area contributed by atoms with E-state index in [-0.39, 0.29) is 28.5 Å². The second-order valence-electron chi connectivity index (χ2n) is 12.6. The Kier molecular flexibility index (Phi) is 10.2. The molecule has 1 saturated heterocycles. The van der Waals surface area contributed by atoms with Crippen molar-refractivity contribution in [2.45, 2.75) is 46.5 Å². The number of nitrogens with one attached hydrogen (secondary N) is 1. The van der Waals surface area contributed by atoms with Crippen LogP contribution in [-0.4, -0.2) is 70.4 Å². The molecule has 0 spiro atoms. The van der Waals surface area contributed by atoms with Crippen molar-refractivity contribution in [2.24, 2.45) is 7.05 Å². The van der Waals surface area contributed by atoms with E-state index in [2.05, 4.69) is 36.1 Å². The lowest BCUT2D eigenvalue weighted by Gasteiger charge is -2.31. The van der Waals surface area contributed by atoms with Crippen LogP contribution in [0.4, 0.5) is 17.2 Å². The van der Waals surface area contributed by atoms with Crippen molar-refractivity contribution >= 4 is 35.3 Å². The molecule has 1 fully saturated rings. The van der Waals surface area contributed by atoms with Crippen molar-refractivity contribution in [2.75, 3.05) is 43.1 Å². The van der Waals surface area contributed by atoms with Gasteiger partial charge in [0.15, 0.2) is 6.29 Å². The average Bonchev–Trinajstić information content (AvgIpc) is 3.10.